The summed E-state index contributed by atoms with van der Waals surface area (Å²) in [4.78, 5) is 21.6. The number of ether oxygens (including phenoxy) is 1. The number of carbonyl (C=O) groups excluding carboxylic acids is 2. The van der Waals surface area contributed by atoms with Crippen molar-refractivity contribution >= 4 is 20.0 Å². The maximum atomic E-state index is 11.2. The topological polar surface area (TPSA) is 69.7 Å². The van der Waals surface area contributed by atoms with Crippen molar-refractivity contribution in [3.63, 3.8) is 0 Å². The summed E-state index contributed by atoms with van der Waals surface area (Å²) in [6.07, 6.45) is 0.386. The van der Waals surface area contributed by atoms with Crippen LogP contribution in [-0.2, 0) is 23.4 Å². The van der Waals surface area contributed by atoms with Crippen molar-refractivity contribution in [2.75, 3.05) is 6.61 Å². The van der Waals surface area contributed by atoms with E-state index in [1.165, 1.54) is 0 Å². The molecule has 0 N–H and O–H groups in total. The first-order valence-corrected chi connectivity index (χ1v) is 5.23. The van der Waals surface area contributed by atoms with Crippen LogP contribution in [0.1, 0.15) is 19.8 Å². The SMILES string of the molecule is CCO[P+](=O)C1CCC(=O)OC1=O. The third-order valence-electron chi connectivity index (χ3n) is 1.62. The first kappa shape index (κ1) is 10.3. The van der Waals surface area contributed by atoms with E-state index in [2.05, 4.69) is 4.74 Å². The molecule has 0 aromatic rings. The second-order valence-electron chi connectivity index (χ2n) is 2.55. The zero-order chi connectivity index (χ0) is 9.84. The molecule has 1 saturated heterocycles. The highest BCUT2D eigenvalue weighted by Gasteiger charge is 2.45. The largest absolute Gasteiger partial charge is 0.523 e. The molecule has 5 nitrogen and oxygen atoms in total. The smallest absolute Gasteiger partial charge is 0.390 e. The Morgan fingerprint density at radius 1 is 1.62 bits per heavy atom. The molecule has 6 heteroatoms. The molecular formula is C7H10O5P+. The monoisotopic (exact) mass is 205 g/mol. The average Bonchev–Trinajstić information content (AvgIpc) is 2.04. The fraction of sp³-hybridized carbons (Fsp3) is 0.714. The molecule has 0 saturated carbocycles. The highest BCUT2D eigenvalue weighted by molar-refractivity contribution is 7.41. The maximum absolute atomic E-state index is 11.2. The van der Waals surface area contributed by atoms with E-state index in [4.69, 9.17) is 4.52 Å². The number of carbonyl (C=O) groups is 2. The third-order valence-corrected chi connectivity index (χ3v) is 3.11. The van der Waals surface area contributed by atoms with Gasteiger partial charge in [0.25, 0.3) is 5.66 Å². The van der Waals surface area contributed by atoms with E-state index in [9.17, 15) is 14.2 Å². The van der Waals surface area contributed by atoms with Gasteiger partial charge in [-0.3, -0.25) is 4.79 Å². The summed E-state index contributed by atoms with van der Waals surface area (Å²) in [5.41, 5.74) is -0.771. The number of esters is 2. The Morgan fingerprint density at radius 2 is 2.31 bits per heavy atom. The molecule has 0 radical (unpaired) electrons. The van der Waals surface area contributed by atoms with Crippen molar-refractivity contribution in [2.24, 2.45) is 0 Å². The van der Waals surface area contributed by atoms with E-state index in [0.29, 0.717) is 0 Å². The summed E-state index contributed by atoms with van der Waals surface area (Å²) in [5, 5.41) is 0. The van der Waals surface area contributed by atoms with Crippen LogP contribution in [0.3, 0.4) is 0 Å². The lowest BCUT2D eigenvalue weighted by atomic mass is 10.2. The standard InChI is InChI=1S/C7H10O5P/c1-2-11-13(10)5-3-4-6(8)12-7(5)9/h5H,2-4H2,1H3/q+1. The van der Waals surface area contributed by atoms with E-state index >= 15 is 0 Å². The molecule has 2 unspecified atom stereocenters. The van der Waals surface area contributed by atoms with Crippen molar-refractivity contribution < 1.29 is 23.4 Å². The van der Waals surface area contributed by atoms with Crippen molar-refractivity contribution in [3.05, 3.63) is 0 Å². The molecule has 0 aromatic carbocycles. The number of hydrogen-bond acceptors (Lipinski definition) is 5. The van der Waals surface area contributed by atoms with Crippen LogP contribution in [-0.4, -0.2) is 24.2 Å². The minimum atomic E-state index is -2.03. The lowest BCUT2D eigenvalue weighted by Gasteiger charge is -2.10. The zero-order valence-corrected chi connectivity index (χ0v) is 8.08. The van der Waals surface area contributed by atoms with Crippen molar-refractivity contribution in [2.45, 2.75) is 25.4 Å². The van der Waals surface area contributed by atoms with Crippen LogP contribution in [0.15, 0.2) is 0 Å². The van der Waals surface area contributed by atoms with Crippen LogP contribution in [0.25, 0.3) is 0 Å². The van der Waals surface area contributed by atoms with Gasteiger partial charge in [0.1, 0.15) is 0 Å². The minimum absolute atomic E-state index is 0.130. The molecule has 0 aromatic heterocycles. The molecule has 72 valence electrons. The summed E-state index contributed by atoms with van der Waals surface area (Å²) < 4.78 is 20.3. The average molecular weight is 205 g/mol. The lowest BCUT2D eigenvalue weighted by Crippen LogP contribution is -2.29. The normalized spacial score (nSPS) is 24.1. The van der Waals surface area contributed by atoms with Crippen molar-refractivity contribution in [3.8, 4) is 0 Å². The first-order chi connectivity index (χ1) is 6.15. The molecule has 13 heavy (non-hydrogen) atoms. The van der Waals surface area contributed by atoms with Crippen LogP contribution < -0.4 is 0 Å². The van der Waals surface area contributed by atoms with Crippen LogP contribution in [0, 0.1) is 0 Å². The van der Waals surface area contributed by atoms with E-state index in [0.717, 1.165) is 0 Å². The van der Waals surface area contributed by atoms with Gasteiger partial charge in [0, 0.05) is 6.42 Å². The van der Waals surface area contributed by atoms with Gasteiger partial charge in [0.05, 0.1) is 13.0 Å². The van der Waals surface area contributed by atoms with Gasteiger partial charge in [-0.1, -0.05) is 0 Å². The summed E-state index contributed by atoms with van der Waals surface area (Å²) in [5.74, 6) is -1.29. The van der Waals surface area contributed by atoms with Gasteiger partial charge in [0.15, 0.2) is 0 Å². The maximum Gasteiger partial charge on any atom is 0.523 e. The van der Waals surface area contributed by atoms with Gasteiger partial charge in [-0.25, -0.2) is 4.79 Å². The van der Waals surface area contributed by atoms with Crippen LogP contribution in [0.5, 0.6) is 0 Å². The quantitative estimate of drug-likeness (QED) is 0.390. The van der Waals surface area contributed by atoms with Gasteiger partial charge in [-0.2, -0.15) is 0 Å². The highest BCUT2D eigenvalue weighted by Crippen LogP contribution is 2.35. The van der Waals surface area contributed by atoms with Crippen LogP contribution in [0.4, 0.5) is 0 Å². The zero-order valence-electron chi connectivity index (χ0n) is 7.19. The molecule has 2 atom stereocenters. The summed E-state index contributed by atoms with van der Waals surface area (Å²) in [6, 6.07) is 0. The molecular weight excluding hydrogens is 195 g/mol. The fourth-order valence-corrected chi connectivity index (χ4v) is 2.01. The van der Waals surface area contributed by atoms with Gasteiger partial charge in [0.2, 0.25) is 0 Å². The molecule has 1 heterocycles. The fourth-order valence-electron chi connectivity index (χ4n) is 1.01. The molecule has 1 aliphatic rings. The predicted molar refractivity (Wildman–Crippen MR) is 43.4 cm³/mol. The van der Waals surface area contributed by atoms with Gasteiger partial charge < -0.3 is 4.74 Å². The Bertz CT molecular complexity index is 249. The molecule has 0 amide bonds. The van der Waals surface area contributed by atoms with Gasteiger partial charge >= 0.3 is 20.0 Å². The predicted octanol–water partition coefficient (Wildman–Crippen LogP) is 0.998. The summed E-state index contributed by atoms with van der Waals surface area (Å²) in [7, 11) is -2.03. The molecule has 0 aliphatic carbocycles. The van der Waals surface area contributed by atoms with E-state index < -0.39 is 25.6 Å². The first-order valence-electron chi connectivity index (χ1n) is 3.99. The van der Waals surface area contributed by atoms with Crippen LogP contribution >= 0.6 is 8.03 Å². The van der Waals surface area contributed by atoms with E-state index in [1.54, 1.807) is 6.92 Å². The van der Waals surface area contributed by atoms with E-state index in [1.807, 2.05) is 0 Å². The lowest BCUT2D eigenvalue weighted by molar-refractivity contribution is -0.162. The minimum Gasteiger partial charge on any atom is -0.390 e. The van der Waals surface area contributed by atoms with Crippen molar-refractivity contribution in [1.29, 1.82) is 0 Å². The number of hydrogen-bond donors (Lipinski definition) is 0. The molecule has 0 bridgehead atoms. The summed E-state index contributed by atoms with van der Waals surface area (Å²) in [6.45, 7) is 1.97. The Hall–Kier alpha value is -0.800. The molecule has 1 rings (SSSR count). The highest BCUT2D eigenvalue weighted by atomic mass is 31.1. The Morgan fingerprint density at radius 3 is 2.85 bits per heavy atom. The second kappa shape index (κ2) is 4.44. The van der Waals surface area contributed by atoms with E-state index in [-0.39, 0.29) is 19.4 Å². The number of cyclic esters (lactones) is 2. The molecule has 0 spiro atoms. The molecule has 1 aliphatic heterocycles. The summed E-state index contributed by atoms with van der Waals surface area (Å²) >= 11 is 0. The second-order valence-corrected chi connectivity index (χ2v) is 4.00. The Kier molecular flexibility index (Phi) is 3.51. The third kappa shape index (κ3) is 2.57. The number of rotatable bonds is 3. The Labute approximate surface area is 76.3 Å². The van der Waals surface area contributed by atoms with Crippen LogP contribution in [0.2, 0.25) is 0 Å². The van der Waals surface area contributed by atoms with Gasteiger partial charge in [-0.05, 0) is 11.5 Å². The van der Waals surface area contributed by atoms with Crippen molar-refractivity contribution in [1.82, 2.24) is 0 Å². The molecule has 1 fully saturated rings. The van der Waals surface area contributed by atoms with Gasteiger partial charge in [-0.15, -0.1) is 4.52 Å². The Balaban J connectivity index is 2.55.